The number of nitrogens with one attached hydrogen (secondary N) is 1. The molecule has 9 heteroatoms. The maximum absolute atomic E-state index is 12.4. The summed E-state index contributed by atoms with van der Waals surface area (Å²) in [6.45, 7) is 0. The van der Waals surface area contributed by atoms with Gasteiger partial charge in [-0.15, -0.1) is 11.3 Å². The first-order chi connectivity index (χ1) is 13.9. The van der Waals surface area contributed by atoms with Crippen LogP contribution in [0.1, 0.15) is 15.9 Å². The fraction of sp³-hybridized carbons (Fsp3) is 0.150. The molecule has 1 aromatic heterocycles. The van der Waals surface area contributed by atoms with Crippen LogP contribution in [-0.4, -0.2) is 31.1 Å². The number of hydrogen-bond donors (Lipinski definition) is 1. The van der Waals surface area contributed by atoms with E-state index in [-0.39, 0.29) is 12.3 Å². The molecular formula is C20H16Cl2N2O4S. The van der Waals surface area contributed by atoms with E-state index >= 15 is 0 Å². The third-order valence-corrected chi connectivity index (χ3v) is 5.51. The van der Waals surface area contributed by atoms with Gasteiger partial charge in [0, 0.05) is 21.0 Å². The summed E-state index contributed by atoms with van der Waals surface area (Å²) in [4.78, 5) is 28.6. The van der Waals surface area contributed by atoms with Gasteiger partial charge in [0.15, 0.2) is 5.13 Å². The van der Waals surface area contributed by atoms with Gasteiger partial charge in [0.1, 0.15) is 5.75 Å². The second-order valence-electron chi connectivity index (χ2n) is 5.87. The minimum atomic E-state index is -0.464. The molecule has 0 saturated heterocycles. The van der Waals surface area contributed by atoms with E-state index in [4.69, 9.17) is 32.7 Å². The Balaban J connectivity index is 1.80. The highest BCUT2D eigenvalue weighted by Gasteiger charge is 2.16. The first kappa shape index (κ1) is 21.1. The number of aromatic nitrogens is 1. The molecule has 0 unspecified atom stereocenters. The lowest BCUT2D eigenvalue weighted by atomic mass is 10.1. The number of rotatable bonds is 6. The van der Waals surface area contributed by atoms with E-state index in [1.54, 1.807) is 41.8 Å². The van der Waals surface area contributed by atoms with Gasteiger partial charge >= 0.3 is 5.97 Å². The Bertz CT molecular complexity index is 1050. The van der Waals surface area contributed by atoms with E-state index in [0.717, 1.165) is 0 Å². The maximum atomic E-state index is 12.4. The van der Waals surface area contributed by atoms with Crippen LogP contribution >= 0.6 is 34.5 Å². The predicted octanol–water partition coefficient (Wildman–Crippen LogP) is 5.09. The van der Waals surface area contributed by atoms with Gasteiger partial charge in [0.25, 0.3) is 0 Å². The zero-order chi connectivity index (χ0) is 21.0. The molecule has 1 heterocycles. The van der Waals surface area contributed by atoms with Gasteiger partial charge in [-0.2, -0.15) is 0 Å². The number of esters is 1. The number of amides is 1. The van der Waals surface area contributed by atoms with Gasteiger partial charge < -0.3 is 14.8 Å². The van der Waals surface area contributed by atoms with Crippen LogP contribution < -0.4 is 10.1 Å². The second-order valence-corrected chi connectivity index (χ2v) is 7.54. The van der Waals surface area contributed by atoms with Crippen molar-refractivity contribution in [2.75, 3.05) is 19.5 Å². The molecule has 0 bridgehead atoms. The second kappa shape index (κ2) is 9.26. The van der Waals surface area contributed by atoms with Gasteiger partial charge in [0.2, 0.25) is 5.91 Å². The summed E-state index contributed by atoms with van der Waals surface area (Å²) in [6.07, 6.45) is 0.0224. The monoisotopic (exact) mass is 450 g/mol. The molecule has 0 aliphatic heterocycles. The maximum Gasteiger partial charge on any atom is 0.337 e. The first-order valence-electron chi connectivity index (χ1n) is 8.38. The molecular weight excluding hydrogens is 435 g/mol. The predicted molar refractivity (Wildman–Crippen MR) is 114 cm³/mol. The van der Waals surface area contributed by atoms with Gasteiger partial charge in [-0.25, -0.2) is 9.78 Å². The van der Waals surface area contributed by atoms with Crippen LogP contribution in [-0.2, 0) is 16.0 Å². The quantitative estimate of drug-likeness (QED) is 0.528. The van der Waals surface area contributed by atoms with Crippen molar-refractivity contribution in [1.82, 2.24) is 4.98 Å². The number of methoxy groups -OCH3 is 2. The highest BCUT2D eigenvalue weighted by Crippen LogP contribution is 2.33. The van der Waals surface area contributed by atoms with Crippen molar-refractivity contribution in [1.29, 1.82) is 0 Å². The summed E-state index contributed by atoms with van der Waals surface area (Å²) in [5.74, 6) is -0.214. The molecule has 1 N–H and O–H groups in total. The lowest BCUT2D eigenvalue weighted by Gasteiger charge is -2.08. The number of anilines is 1. The van der Waals surface area contributed by atoms with Crippen LogP contribution in [0.2, 0.25) is 10.0 Å². The molecule has 0 fully saturated rings. The number of thiazole rings is 1. The summed E-state index contributed by atoms with van der Waals surface area (Å²) in [5.41, 5.74) is 2.10. The fourth-order valence-electron chi connectivity index (χ4n) is 2.63. The number of benzene rings is 2. The highest BCUT2D eigenvalue weighted by atomic mass is 35.5. The van der Waals surface area contributed by atoms with Crippen molar-refractivity contribution in [3.05, 3.63) is 63.0 Å². The summed E-state index contributed by atoms with van der Waals surface area (Å²) >= 11 is 13.5. The fourth-order valence-corrected chi connectivity index (χ4v) is 3.89. The van der Waals surface area contributed by atoms with Crippen molar-refractivity contribution in [3.63, 3.8) is 0 Å². The Labute approximate surface area is 181 Å². The molecule has 0 aliphatic rings. The van der Waals surface area contributed by atoms with E-state index in [1.165, 1.54) is 25.6 Å². The smallest absolute Gasteiger partial charge is 0.337 e. The third-order valence-electron chi connectivity index (χ3n) is 4.05. The number of ether oxygens (including phenoxy) is 2. The van der Waals surface area contributed by atoms with Crippen LogP contribution in [0.4, 0.5) is 5.13 Å². The highest BCUT2D eigenvalue weighted by molar-refractivity contribution is 7.14. The van der Waals surface area contributed by atoms with Crippen LogP contribution in [0.15, 0.2) is 41.8 Å². The summed E-state index contributed by atoms with van der Waals surface area (Å²) in [5, 5.41) is 5.76. The van der Waals surface area contributed by atoms with E-state index in [0.29, 0.717) is 43.3 Å². The molecule has 29 heavy (non-hydrogen) atoms. The minimum Gasteiger partial charge on any atom is -0.496 e. The third kappa shape index (κ3) is 4.87. The molecule has 3 rings (SSSR count). The molecule has 0 radical (unpaired) electrons. The zero-order valence-corrected chi connectivity index (χ0v) is 17.8. The number of nitrogens with zero attached hydrogens (tertiary/aromatic N) is 1. The molecule has 6 nitrogen and oxygen atoms in total. The summed E-state index contributed by atoms with van der Waals surface area (Å²) in [6, 6.07) is 9.98. The average molecular weight is 451 g/mol. The average Bonchev–Trinajstić information content (AvgIpc) is 3.18. The van der Waals surface area contributed by atoms with E-state index < -0.39 is 5.97 Å². The number of carbonyl (C=O) groups is 2. The number of hydrogen-bond acceptors (Lipinski definition) is 6. The van der Waals surface area contributed by atoms with E-state index in [1.807, 2.05) is 0 Å². The molecule has 2 aromatic carbocycles. The van der Waals surface area contributed by atoms with Gasteiger partial charge in [-0.3, -0.25) is 4.79 Å². The lowest BCUT2D eigenvalue weighted by Crippen LogP contribution is -2.14. The van der Waals surface area contributed by atoms with Crippen LogP contribution in [0.5, 0.6) is 5.75 Å². The summed E-state index contributed by atoms with van der Waals surface area (Å²) < 4.78 is 10.1. The van der Waals surface area contributed by atoms with Crippen molar-refractivity contribution < 1.29 is 19.1 Å². The number of halogens is 2. The molecule has 0 aliphatic carbocycles. The minimum absolute atomic E-state index is 0.0224. The van der Waals surface area contributed by atoms with E-state index in [9.17, 15) is 9.59 Å². The largest absolute Gasteiger partial charge is 0.496 e. The summed E-state index contributed by atoms with van der Waals surface area (Å²) in [7, 11) is 2.84. The van der Waals surface area contributed by atoms with Crippen LogP contribution in [0.3, 0.4) is 0 Å². The molecule has 0 saturated carbocycles. The van der Waals surface area contributed by atoms with Gasteiger partial charge in [0.05, 0.1) is 31.9 Å². The Kier molecular flexibility index (Phi) is 6.74. The van der Waals surface area contributed by atoms with Crippen molar-refractivity contribution >= 4 is 51.5 Å². The Morgan fingerprint density at radius 1 is 1.14 bits per heavy atom. The molecule has 1 amide bonds. The van der Waals surface area contributed by atoms with Crippen molar-refractivity contribution in [3.8, 4) is 17.0 Å². The van der Waals surface area contributed by atoms with E-state index in [2.05, 4.69) is 10.3 Å². The number of carbonyl (C=O) groups excluding carboxylic acids is 2. The molecule has 3 aromatic rings. The van der Waals surface area contributed by atoms with Crippen molar-refractivity contribution in [2.45, 2.75) is 6.42 Å². The lowest BCUT2D eigenvalue weighted by molar-refractivity contribution is -0.115. The van der Waals surface area contributed by atoms with Gasteiger partial charge in [-0.05, 0) is 35.9 Å². The first-order valence-corrected chi connectivity index (χ1v) is 10.0. The van der Waals surface area contributed by atoms with Crippen LogP contribution in [0, 0.1) is 0 Å². The van der Waals surface area contributed by atoms with Crippen LogP contribution in [0.25, 0.3) is 11.3 Å². The standard InChI is InChI=1S/C20H16Cl2N2O4S/c1-27-17-7-6-11(19(26)28-2)8-13(17)16-10-29-20(23-16)24-18(25)9-12-14(21)4-3-5-15(12)22/h3-8,10H,9H2,1-2H3,(H,23,24,25). The SMILES string of the molecule is COC(=O)c1ccc(OC)c(-c2csc(NC(=O)Cc3c(Cl)cccc3Cl)n2)c1. The van der Waals surface area contributed by atoms with Crippen molar-refractivity contribution in [2.24, 2.45) is 0 Å². The zero-order valence-electron chi connectivity index (χ0n) is 15.5. The molecule has 150 valence electrons. The van der Waals surface area contributed by atoms with Gasteiger partial charge in [-0.1, -0.05) is 29.3 Å². The topological polar surface area (TPSA) is 77.5 Å². The Morgan fingerprint density at radius 3 is 2.52 bits per heavy atom. The molecule has 0 atom stereocenters. The Morgan fingerprint density at radius 2 is 1.86 bits per heavy atom. The normalized spacial score (nSPS) is 10.5. The molecule has 0 spiro atoms. The Hall–Kier alpha value is -2.61.